The van der Waals surface area contributed by atoms with Crippen molar-refractivity contribution in [1.82, 2.24) is 14.8 Å². The molecule has 5 heteroatoms. The number of amides is 1. The lowest BCUT2D eigenvalue weighted by molar-refractivity contribution is -0.123. The van der Waals surface area contributed by atoms with Gasteiger partial charge in [-0.1, -0.05) is 49.7 Å². The first-order valence-corrected chi connectivity index (χ1v) is 10.7. The van der Waals surface area contributed by atoms with E-state index in [-0.39, 0.29) is 24.3 Å². The lowest BCUT2D eigenvalue weighted by Gasteiger charge is -2.23. The summed E-state index contributed by atoms with van der Waals surface area (Å²) in [7, 11) is 5.58. The summed E-state index contributed by atoms with van der Waals surface area (Å²) in [5, 5.41) is 0. The molecule has 160 valence electrons. The summed E-state index contributed by atoms with van der Waals surface area (Å²) < 4.78 is 6.53. The van der Waals surface area contributed by atoms with Crippen LogP contribution in [-0.4, -0.2) is 47.9 Å². The molecule has 0 radical (unpaired) electrons. The second kappa shape index (κ2) is 10.0. The summed E-state index contributed by atoms with van der Waals surface area (Å²) in [5.74, 6) is -0.0575. The smallest absolute Gasteiger partial charge is 0.246 e. The molecule has 5 nitrogen and oxygen atoms in total. The number of benzene rings is 1. The summed E-state index contributed by atoms with van der Waals surface area (Å²) in [6.45, 7) is 4.36. The molecule has 1 aliphatic heterocycles. The van der Waals surface area contributed by atoms with Gasteiger partial charge in [0.05, 0.1) is 5.69 Å². The van der Waals surface area contributed by atoms with Gasteiger partial charge in [-0.2, -0.15) is 0 Å². The molecule has 1 amide bonds. The van der Waals surface area contributed by atoms with E-state index in [1.54, 1.807) is 25.1 Å². The third-order valence-corrected chi connectivity index (χ3v) is 5.75. The van der Waals surface area contributed by atoms with Crippen molar-refractivity contribution in [3.63, 3.8) is 0 Å². The number of carbonyl (C=O) groups excluding carboxylic acids is 1. The first kappa shape index (κ1) is 22.2. The summed E-state index contributed by atoms with van der Waals surface area (Å²) in [4.78, 5) is 20.8. The Bertz CT molecular complexity index is 879. The van der Waals surface area contributed by atoms with Crippen LogP contribution in [0, 0.1) is 0 Å². The van der Waals surface area contributed by atoms with Gasteiger partial charge in [0.25, 0.3) is 0 Å². The number of nitrogens with zero attached hydrogens (tertiary/aromatic N) is 3. The van der Waals surface area contributed by atoms with Gasteiger partial charge in [-0.25, -0.2) is 0 Å². The molecule has 1 aromatic carbocycles. The molecule has 3 rings (SSSR count). The van der Waals surface area contributed by atoms with Gasteiger partial charge in [0.15, 0.2) is 0 Å². The fourth-order valence-corrected chi connectivity index (χ4v) is 3.73. The topological polar surface area (TPSA) is 45.7 Å². The fourth-order valence-electron chi connectivity index (χ4n) is 3.73. The van der Waals surface area contributed by atoms with Crippen LogP contribution in [0.4, 0.5) is 0 Å². The van der Waals surface area contributed by atoms with Crippen LogP contribution >= 0.6 is 0 Å². The van der Waals surface area contributed by atoms with Gasteiger partial charge in [-0.05, 0) is 44.5 Å². The SMILES string of the molecule is CCCCc1ccc(C2OC(c3ccccc3)[C@H](C)N2C)c(/C=C/C(=O)N(C)C)n1. The van der Waals surface area contributed by atoms with Crippen LogP contribution in [0.5, 0.6) is 0 Å². The van der Waals surface area contributed by atoms with E-state index in [4.69, 9.17) is 9.72 Å². The zero-order chi connectivity index (χ0) is 21.7. The van der Waals surface area contributed by atoms with Crippen molar-refractivity contribution in [2.75, 3.05) is 21.1 Å². The van der Waals surface area contributed by atoms with E-state index in [2.05, 4.69) is 50.1 Å². The Morgan fingerprint density at radius 3 is 2.60 bits per heavy atom. The molecule has 2 unspecified atom stereocenters. The normalized spacial score (nSPS) is 22.0. The van der Waals surface area contributed by atoms with Crippen LogP contribution in [0.2, 0.25) is 0 Å². The number of pyridine rings is 1. The highest BCUT2D eigenvalue weighted by atomic mass is 16.5. The van der Waals surface area contributed by atoms with E-state index in [0.29, 0.717) is 0 Å². The predicted molar refractivity (Wildman–Crippen MR) is 121 cm³/mol. The Morgan fingerprint density at radius 2 is 1.93 bits per heavy atom. The molecule has 0 saturated carbocycles. The number of unbranched alkanes of at least 4 members (excludes halogenated alkanes) is 1. The van der Waals surface area contributed by atoms with Crippen LogP contribution in [0.3, 0.4) is 0 Å². The Kier molecular flexibility index (Phi) is 7.40. The van der Waals surface area contributed by atoms with E-state index in [9.17, 15) is 4.79 Å². The molecule has 0 spiro atoms. The molecule has 1 aromatic heterocycles. The van der Waals surface area contributed by atoms with Gasteiger partial charge in [-0.15, -0.1) is 0 Å². The third kappa shape index (κ3) is 4.97. The number of hydrogen-bond acceptors (Lipinski definition) is 4. The third-order valence-electron chi connectivity index (χ3n) is 5.75. The van der Waals surface area contributed by atoms with Crippen molar-refractivity contribution in [2.45, 2.75) is 51.5 Å². The Morgan fingerprint density at radius 1 is 1.20 bits per heavy atom. The molecule has 2 heterocycles. The standard InChI is InChI=1S/C25H33N3O2/c1-6-7-13-20-14-15-21(22(26-20)16-17-23(29)27(3)4)25-28(5)18(2)24(30-25)19-11-9-8-10-12-19/h8-12,14-18,24-25H,6-7,13H2,1-5H3/b17-16+/t18-,24?,25?/m0/s1. The van der Waals surface area contributed by atoms with Crippen LogP contribution in [0.15, 0.2) is 48.5 Å². The average Bonchev–Trinajstić information content (AvgIpc) is 3.05. The molecular formula is C25H33N3O2. The highest BCUT2D eigenvalue weighted by Crippen LogP contribution is 2.42. The minimum absolute atomic E-state index is 0.0128. The Labute approximate surface area is 180 Å². The van der Waals surface area contributed by atoms with Crippen molar-refractivity contribution >= 4 is 12.0 Å². The first-order valence-electron chi connectivity index (χ1n) is 10.7. The van der Waals surface area contributed by atoms with E-state index in [0.717, 1.165) is 36.2 Å². The number of hydrogen-bond donors (Lipinski definition) is 0. The van der Waals surface area contributed by atoms with Gasteiger partial charge in [0, 0.05) is 37.5 Å². The molecule has 1 aliphatic rings. The largest absolute Gasteiger partial charge is 0.349 e. The quantitative estimate of drug-likeness (QED) is 0.629. The second-order valence-corrected chi connectivity index (χ2v) is 8.17. The van der Waals surface area contributed by atoms with E-state index in [1.165, 1.54) is 5.56 Å². The number of rotatable bonds is 7. The van der Waals surface area contributed by atoms with Gasteiger partial charge in [0.1, 0.15) is 12.3 Å². The minimum atomic E-state index is -0.216. The number of ether oxygens (including phenoxy) is 1. The van der Waals surface area contributed by atoms with Crippen LogP contribution in [-0.2, 0) is 16.0 Å². The van der Waals surface area contributed by atoms with Gasteiger partial charge in [-0.3, -0.25) is 14.7 Å². The van der Waals surface area contributed by atoms with Crippen molar-refractivity contribution < 1.29 is 9.53 Å². The fraction of sp³-hybridized carbons (Fsp3) is 0.440. The molecule has 2 aromatic rings. The van der Waals surface area contributed by atoms with Crippen LogP contribution < -0.4 is 0 Å². The van der Waals surface area contributed by atoms with Crippen LogP contribution in [0.25, 0.3) is 6.08 Å². The number of carbonyl (C=O) groups is 1. The molecule has 3 atom stereocenters. The minimum Gasteiger partial charge on any atom is -0.349 e. The second-order valence-electron chi connectivity index (χ2n) is 8.17. The van der Waals surface area contributed by atoms with Gasteiger partial charge < -0.3 is 9.64 Å². The summed E-state index contributed by atoms with van der Waals surface area (Å²) in [6.07, 6.45) is 6.34. The van der Waals surface area contributed by atoms with Gasteiger partial charge >= 0.3 is 0 Å². The molecule has 30 heavy (non-hydrogen) atoms. The Balaban J connectivity index is 1.94. The van der Waals surface area contributed by atoms with E-state index < -0.39 is 0 Å². The highest BCUT2D eigenvalue weighted by Gasteiger charge is 2.39. The maximum Gasteiger partial charge on any atom is 0.246 e. The lowest BCUT2D eigenvalue weighted by Crippen LogP contribution is -2.27. The summed E-state index contributed by atoms with van der Waals surface area (Å²) in [6, 6.07) is 14.8. The van der Waals surface area contributed by atoms with E-state index >= 15 is 0 Å². The molecule has 1 saturated heterocycles. The summed E-state index contributed by atoms with van der Waals surface area (Å²) in [5.41, 5.74) is 4.01. The number of likely N-dealkylation sites (N-methyl/N-ethyl adjacent to an activating group) is 2. The maximum atomic E-state index is 12.1. The predicted octanol–water partition coefficient (Wildman–Crippen LogP) is 4.62. The summed E-state index contributed by atoms with van der Waals surface area (Å²) >= 11 is 0. The lowest BCUT2D eigenvalue weighted by atomic mass is 10.0. The molecule has 0 bridgehead atoms. The van der Waals surface area contributed by atoms with Crippen molar-refractivity contribution in [2.24, 2.45) is 0 Å². The molecule has 0 N–H and O–H groups in total. The average molecular weight is 408 g/mol. The zero-order valence-electron chi connectivity index (χ0n) is 18.7. The highest BCUT2D eigenvalue weighted by molar-refractivity contribution is 5.91. The molecule has 0 aliphatic carbocycles. The first-order chi connectivity index (χ1) is 14.4. The molecule has 1 fully saturated rings. The maximum absolute atomic E-state index is 12.1. The van der Waals surface area contributed by atoms with Crippen molar-refractivity contribution in [1.29, 1.82) is 0 Å². The monoisotopic (exact) mass is 407 g/mol. The number of aryl methyl sites for hydroxylation is 1. The Hall–Kier alpha value is -2.50. The van der Waals surface area contributed by atoms with Crippen LogP contribution in [0.1, 0.15) is 61.5 Å². The van der Waals surface area contributed by atoms with Gasteiger partial charge in [0.2, 0.25) is 5.91 Å². The number of aromatic nitrogens is 1. The van der Waals surface area contributed by atoms with E-state index in [1.807, 2.05) is 24.3 Å². The zero-order valence-corrected chi connectivity index (χ0v) is 18.7. The van der Waals surface area contributed by atoms with Crippen molar-refractivity contribution in [3.05, 3.63) is 71.1 Å². The molecular weight excluding hydrogens is 374 g/mol. The van der Waals surface area contributed by atoms with Crippen molar-refractivity contribution in [3.8, 4) is 0 Å².